The molecule has 1 atom stereocenters. The van der Waals surface area contributed by atoms with Crippen molar-refractivity contribution in [2.75, 3.05) is 0 Å². The highest BCUT2D eigenvalue weighted by molar-refractivity contribution is 7.99. The quantitative estimate of drug-likeness (QED) is 0.420. The van der Waals surface area contributed by atoms with Crippen molar-refractivity contribution in [3.8, 4) is 11.5 Å². The van der Waals surface area contributed by atoms with Crippen LogP contribution in [0.1, 0.15) is 18.1 Å². The van der Waals surface area contributed by atoms with Crippen molar-refractivity contribution < 1.29 is 9.15 Å². The van der Waals surface area contributed by atoms with Gasteiger partial charge in [-0.25, -0.2) is 0 Å². The van der Waals surface area contributed by atoms with E-state index in [0.717, 1.165) is 10.3 Å². The number of rotatable bonds is 4. The normalized spacial score (nSPS) is 12.2. The van der Waals surface area contributed by atoms with Gasteiger partial charge in [-0.15, -0.1) is 10.2 Å². The molecule has 0 aliphatic carbocycles. The third-order valence-corrected chi connectivity index (χ3v) is 4.01. The summed E-state index contributed by atoms with van der Waals surface area (Å²) in [7, 11) is 0. The van der Waals surface area contributed by atoms with Crippen molar-refractivity contribution in [2.24, 2.45) is 0 Å². The number of aromatic nitrogens is 3. The van der Waals surface area contributed by atoms with Gasteiger partial charge in [0, 0.05) is 17.7 Å². The van der Waals surface area contributed by atoms with Crippen molar-refractivity contribution in [1.82, 2.24) is 10.2 Å². The van der Waals surface area contributed by atoms with Crippen LogP contribution in [0.4, 0.5) is 0 Å². The Morgan fingerprint density at radius 3 is 2.62 bits per heavy atom. The molecule has 2 heterocycles. The number of nitrogens with zero attached hydrogens (tertiary/aromatic N) is 3. The lowest BCUT2D eigenvalue weighted by atomic mass is 10.2. The molecule has 1 unspecified atom stereocenters. The first-order valence-corrected chi connectivity index (χ1v) is 7.35. The van der Waals surface area contributed by atoms with E-state index >= 15 is 0 Å². The summed E-state index contributed by atoms with van der Waals surface area (Å²) in [6.07, 6.45) is 1.47. The lowest BCUT2D eigenvalue weighted by Crippen LogP contribution is -2.27. The van der Waals surface area contributed by atoms with Gasteiger partial charge in [-0.3, -0.25) is 0 Å². The van der Waals surface area contributed by atoms with E-state index in [-0.39, 0.29) is 5.25 Å². The molecule has 0 fully saturated rings. The fourth-order valence-corrected chi connectivity index (χ4v) is 2.71. The van der Waals surface area contributed by atoms with Gasteiger partial charge in [0.1, 0.15) is 0 Å². The Balaban J connectivity index is 1.79. The van der Waals surface area contributed by atoms with Crippen LogP contribution in [0.3, 0.4) is 0 Å². The van der Waals surface area contributed by atoms with Gasteiger partial charge in [0.05, 0.1) is 5.25 Å². The number of hydrogen-bond acceptors (Lipinski definition) is 5. The van der Waals surface area contributed by atoms with Crippen LogP contribution in [0.25, 0.3) is 11.5 Å². The summed E-state index contributed by atoms with van der Waals surface area (Å²) in [5.41, 5.74) is 0.882. The van der Waals surface area contributed by atoms with E-state index in [4.69, 9.17) is 4.42 Å². The van der Waals surface area contributed by atoms with E-state index in [9.17, 15) is 5.21 Å². The SMILES string of the molecule is CC(Sc1cccc[n+]1[O-])c1nnc(-c2ccccc2)o1. The second kappa shape index (κ2) is 5.97. The fraction of sp³-hybridized carbons (Fsp3) is 0.133. The van der Waals surface area contributed by atoms with Crippen LogP contribution >= 0.6 is 11.8 Å². The first-order valence-electron chi connectivity index (χ1n) is 6.48. The third kappa shape index (κ3) is 3.05. The highest BCUT2D eigenvalue weighted by Crippen LogP contribution is 2.33. The molecule has 0 spiro atoms. The Morgan fingerprint density at radius 1 is 1.10 bits per heavy atom. The molecule has 3 rings (SSSR count). The zero-order valence-electron chi connectivity index (χ0n) is 11.3. The minimum atomic E-state index is -0.0995. The van der Waals surface area contributed by atoms with Crippen LogP contribution in [0, 0.1) is 5.21 Å². The lowest BCUT2D eigenvalue weighted by Gasteiger charge is -2.06. The van der Waals surface area contributed by atoms with E-state index < -0.39 is 0 Å². The van der Waals surface area contributed by atoms with Crippen LogP contribution in [-0.4, -0.2) is 10.2 Å². The Kier molecular flexibility index (Phi) is 3.87. The average Bonchev–Trinajstić information content (AvgIpc) is 3.00. The van der Waals surface area contributed by atoms with Crippen LogP contribution in [0.5, 0.6) is 0 Å². The summed E-state index contributed by atoms with van der Waals surface area (Å²) < 4.78 is 6.52. The van der Waals surface area contributed by atoms with Crippen LogP contribution in [0.15, 0.2) is 64.2 Å². The maximum atomic E-state index is 11.6. The molecule has 106 valence electrons. The molecular weight excluding hydrogens is 286 g/mol. The zero-order valence-corrected chi connectivity index (χ0v) is 12.2. The smallest absolute Gasteiger partial charge is 0.252 e. The average molecular weight is 299 g/mol. The minimum Gasteiger partial charge on any atom is -0.618 e. The largest absolute Gasteiger partial charge is 0.618 e. The van der Waals surface area contributed by atoms with E-state index in [0.29, 0.717) is 16.8 Å². The monoisotopic (exact) mass is 299 g/mol. The highest BCUT2D eigenvalue weighted by Gasteiger charge is 2.19. The second-order valence-electron chi connectivity index (χ2n) is 4.44. The predicted molar refractivity (Wildman–Crippen MR) is 79.4 cm³/mol. The summed E-state index contributed by atoms with van der Waals surface area (Å²) >= 11 is 1.39. The Labute approximate surface area is 126 Å². The molecule has 0 amide bonds. The van der Waals surface area contributed by atoms with Crippen molar-refractivity contribution in [3.63, 3.8) is 0 Å². The van der Waals surface area contributed by atoms with Crippen molar-refractivity contribution in [1.29, 1.82) is 0 Å². The molecule has 0 N–H and O–H groups in total. The lowest BCUT2D eigenvalue weighted by molar-refractivity contribution is -0.645. The second-order valence-corrected chi connectivity index (χ2v) is 5.80. The minimum absolute atomic E-state index is 0.0995. The molecule has 1 aromatic carbocycles. The zero-order chi connectivity index (χ0) is 14.7. The van der Waals surface area contributed by atoms with Gasteiger partial charge in [-0.2, -0.15) is 4.73 Å². The number of thioether (sulfide) groups is 1. The molecular formula is C15H13N3O2S. The van der Waals surface area contributed by atoms with Gasteiger partial charge in [0.2, 0.25) is 11.8 Å². The van der Waals surface area contributed by atoms with Gasteiger partial charge >= 0.3 is 0 Å². The molecule has 0 aliphatic heterocycles. The van der Waals surface area contributed by atoms with Crippen molar-refractivity contribution >= 4 is 11.8 Å². The molecule has 5 nitrogen and oxygen atoms in total. The summed E-state index contributed by atoms with van der Waals surface area (Å²) in [6.45, 7) is 1.93. The van der Waals surface area contributed by atoms with Crippen molar-refractivity contribution in [2.45, 2.75) is 17.2 Å². The molecule has 6 heteroatoms. The third-order valence-electron chi connectivity index (χ3n) is 2.90. The van der Waals surface area contributed by atoms with E-state index in [1.54, 1.807) is 12.1 Å². The summed E-state index contributed by atoms with van der Waals surface area (Å²) in [6, 6.07) is 14.9. The van der Waals surface area contributed by atoms with E-state index in [2.05, 4.69) is 10.2 Å². The predicted octanol–water partition coefficient (Wildman–Crippen LogP) is 3.22. The van der Waals surface area contributed by atoms with Crippen LogP contribution in [0.2, 0.25) is 0 Å². The number of hydrogen-bond donors (Lipinski definition) is 0. The highest BCUT2D eigenvalue weighted by atomic mass is 32.2. The van der Waals surface area contributed by atoms with Crippen LogP contribution < -0.4 is 4.73 Å². The Hall–Kier alpha value is -2.34. The molecule has 2 aromatic heterocycles. The topological polar surface area (TPSA) is 65.9 Å². The summed E-state index contributed by atoms with van der Waals surface area (Å²) in [4.78, 5) is 0. The Bertz CT molecular complexity index is 731. The van der Waals surface area contributed by atoms with Gasteiger partial charge in [-0.1, -0.05) is 18.2 Å². The maximum Gasteiger partial charge on any atom is 0.252 e. The first kappa shape index (κ1) is 13.6. The van der Waals surface area contributed by atoms with Crippen LogP contribution in [-0.2, 0) is 0 Å². The van der Waals surface area contributed by atoms with E-state index in [1.807, 2.05) is 43.3 Å². The van der Waals surface area contributed by atoms with Gasteiger partial charge < -0.3 is 9.62 Å². The molecule has 0 saturated carbocycles. The molecule has 0 bridgehead atoms. The van der Waals surface area contributed by atoms with E-state index in [1.165, 1.54) is 18.0 Å². The first-order chi connectivity index (χ1) is 10.2. The maximum absolute atomic E-state index is 11.6. The summed E-state index contributed by atoms with van der Waals surface area (Å²) in [5.74, 6) is 0.990. The van der Waals surface area contributed by atoms with Gasteiger partial charge in [0.15, 0.2) is 6.20 Å². The van der Waals surface area contributed by atoms with Gasteiger partial charge in [-0.05, 0) is 36.9 Å². The standard InChI is InChI=1S/C15H13N3O2S/c1-11(21-13-9-5-6-10-18(13)19)14-16-17-15(20-14)12-7-3-2-4-8-12/h2-11H,1H3. The Morgan fingerprint density at radius 2 is 1.86 bits per heavy atom. The molecule has 0 saturated heterocycles. The number of benzene rings is 1. The number of pyridine rings is 1. The summed E-state index contributed by atoms with van der Waals surface area (Å²) in [5, 5.41) is 20.3. The van der Waals surface area contributed by atoms with Gasteiger partial charge in [0.25, 0.3) is 5.03 Å². The molecule has 21 heavy (non-hydrogen) atoms. The fourth-order valence-electron chi connectivity index (χ4n) is 1.83. The molecule has 0 aliphatic rings. The molecule has 3 aromatic rings. The van der Waals surface area contributed by atoms with Crippen molar-refractivity contribution in [3.05, 3.63) is 65.8 Å². The molecule has 0 radical (unpaired) electrons.